The van der Waals surface area contributed by atoms with Crippen molar-refractivity contribution in [2.75, 3.05) is 0 Å². The van der Waals surface area contributed by atoms with E-state index in [0.29, 0.717) is 15.3 Å². The maximum Gasteiger partial charge on any atom is 0.416 e. The molecule has 1 amide bonds. The third-order valence-corrected chi connectivity index (χ3v) is 6.03. The number of alkyl halides is 3. The molecule has 4 rings (SSSR count). The molecule has 0 bridgehead atoms. The molecule has 0 aliphatic heterocycles. The van der Waals surface area contributed by atoms with E-state index in [9.17, 15) is 27.9 Å². The average molecular weight is 586 g/mol. The van der Waals surface area contributed by atoms with Crippen molar-refractivity contribution >= 4 is 29.3 Å². The minimum atomic E-state index is -4.97. The first kappa shape index (κ1) is 28.1. The molecule has 16 heteroatoms. The molecule has 2 aromatic heterocycles. The Bertz CT molecular complexity index is 1550. The van der Waals surface area contributed by atoms with Crippen molar-refractivity contribution < 1.29 is 27.8 Å². The van der Waals surface area contributed by atoms with Crippen molar-refractivity contribution in [3.63, 3.8) is 0 Å². The smallest absolute Gasteiger partial charge is 0.416 e. The predicted molar refractivity (Wildman–Crippen MR) is 134 cm³/mol. The lowest BCUT2D eigenvalue weighted by Gasteiger charge is -2.15. The first-order valence-corrected chi connectivity index (χ1v) is 12.0. The van der Waals surface area contributed by atoms with Crippen molar-refractivity contribution in [2.24, 2.45) is 5.73 Å². The van der Waals surface area contributed by atoms with Gasteiger partial charge in [-0.1, -0.05) is 35.3 Å². The van der Waals surface area contributed by atoms with Gasteiger partial charge in [0.1, 0.15) is 6.54 Å². The molecule has 11 nitrogen and oxygen atoms in total. The molecule has 0 fully saturated rings. The van der Waals surface area contributed by atoms with Crippen LogP contribution in [0, 0.1) is 0 Å². The van der Waals surface area contributed by atoms with E-state index < -0.39 is 36.7 Å². The summed E-state index contributed by atoms with van der Waals surface area (Å²) < 4.78 is 47.3. The summed E-state index contributed by atoms with van der Waals surface area (Å²) in [5.74, 6) is -0.0402. The Morgan fingerprint density at radius 1 is 1.13 bits per heavy atom. The summed E-state index contributed by atoms with van der Waals surface area (Å²) in [5, 5.41) is 18.9. The van der Waals surface area contributed by atoms with E-state index in [0.717, 1.165) is 4.68 Å². The number of rotatable bonds is 8. The molecule has 0 unspecified atom stereocenters. The number of carbonyl (C=O) groups excluding carboxylic acids is 1. The molecule has 2 heterocycles. The van der Waals surface area contributed by atoms with Crippen molar-refractivity contribution in [3.05, 3.63) is 80.7 Å². The van der Waals surface area contributed by atoms with Crippen LogP contribution in [0.5, 0.6) is 0 Å². The molecule has 0 aliphatic carbocycles. The maximum absolute atomic E-state index is 13.2. The normalized spacial score (nSPS) is 13.3. The molecule has 4 aromatic rings. The van der Waals surface area contributed by atoms with E-state index in [1.165, 1.54) is 35.9 Å². The third-order valence-electron chi connectivity index (χ3n) is 5.46. The summed E-state index contributed by atoms with van der Waals surface area (Å²) >= 11 is 12.2. The van der Waals surface area contributed by atoms with Gasteiger partial charge in [-0.05, 0) is 43.3 Å². The molecular formula is C23H20Cl2F3N7O4. The predicted octanol–water partition coefficient (Wildman–Crippen LogP) is 3.73. The number of nitrogens with two attached hydrogens (primary N) is 1. The number of halogens is 5. The summed E-state index contributed by atoms with van der Waals surface area (Å²) in [4.78, 5) is 28.9. The summed E-state index contributed by atoms with van der Waals surface area (Å²) in [6.45, 7) is 0.00274. The number of hydrogen-bond donors (Lipinski definition) is 2. The molecule has 0 saturated carbocycles. The molecule has 206 valence electrons. The van der Waals surface area contributed by atoms with Crippen molar-refractivity contribution in [1.82, 2.24) is 29.1 Å². The summed E-state index contributed by atoms with van der Waals surface area (Å²) in [7, 11) is 0. The highest BCUT2D eigenvalue weighted by atomic mass is 35.5. The number of aliphatic hydroxyl groups excluding tert-OH is 1. The van der Waals surface area contributed by atoms with Crippen LogP contribution in [0.2, 0.25) is 10.0 Å². The van der Waals surface area contributed by atoms with Crippen LogP contribution in [0.1, 0.15) is 24.7 Å². The molecule has 3 N–H and O–H groups in total. The quantitative estimate of drug-likeness (QED) is 0.320. The van der Waals surface area contributed by atoms with Crippen LogP contribution in [-0.2, 0) is 17.8 Å². The van der Waals surface area contributed by atoms with Gasteiger partial charge < -0.3 is 15.6 Å². The number of primary amides is 1. The first-order chi connectivity index (χ1) is 18.3. The van der Waals surface area contributed by atoms with E-state index in [1.54, 1.807) is 24.3 Å². The highest BCUT2D eigenvalue weighted by molar-refractivity contribution is 6.32. The Kier molecular flexibility index (Phi) is 7.99. The minimum Gasteiger partial charge on any atom is -0.438 e. The van der Waals surface area contributed by atoms with Crippen LogP contribution in [-0.4, -0.2) is 52.6 Å². The Labute approximate surface area is 228 Å². The van der Waals surface area contributed by atoms with E-state index in [-0.39, 0.29) is 34.6 Å². The van der Waals surface area contributed by atoms with E-state index in [2.05, 4.69) is 15.2 Å². The SMILES string of the molecule is C[C@@H](OC(N)=O)c1nc(Cn2nc(-c3ccc(Cl)cc3)n(C[C@H](O)C(F)(F)F)c2=O)nn1-c1ccccc1Cl. The van der Waals surface area contributed by atoms with Gasteiger partial charge in [0, 0.05) is 10.6 Å². The second kappa shape index (κ2) is 11.1. The topological polar surface area (TPSA) is 143 Å². The van der Waals surface area contributed by atoms with Gasteiger partial charge in [-0.3, -0.25) is 4.57 Å². The van der Waals surface area contributed by atoms with Gasteiger partial charge in [0.05, 0.1) is 17.3 Å². The molecule has 2 aromatic carbocycles. The fraction of sp³-hybridized carbons (Fsp3) is 0.261. The lowest BCUT2D eigenvalue weighted by Crippen LogP contribution is -2.37. The first-order valence-electron chi connectivity index (χ1n) is 11.2. The molecule has 2 atom stereocenters. The molecule has 0 radical (unpaired) electrons. The highest BCUT2D eigenvalue weighted by Crippen LogP contribution is 2.26. The van der Waals surface area contributed by atoms with Gasteiger partial charge in [0.2, 0.25) is 0 Å². The summed E-state index contributed by atoms with van der Waals surface area (Å²) in [6.07, 6.45) is -9.85. The maximum atomic E-state index is 13.2. The molecule has 0 aliphatic rings. The van der Waals surface area contributed by atoms with Crippen LogP contribution in [0.3, 0.4) is 0 Å². The minimum absolute atomic E-state index is 0.00406. The third kappa shape index (κ3) is 6.24. The molecular weight excluding hydrogens is 566 g/mol. The van der Waals surface area contributed by atoms with Crippen molar-refractivity contribution in [3.8, 4) is 17.1 Å². The number of para-hydroxylation sites is 1. The number of aliphatic hydroxyl groups is 1. The number of ether oxygens (including phenoxy) is 1. The van der Waals surface area contributed by atoms with Gasteiger partial charge in [0.25, 0.3) is 0 Å². The highest BCUT2D eigenvalue weighted by Gasteiger charge is 2.39. The van der Waals surface area contributed by atoms with Gasteiger partial charge in [-0.25, -0.2) is 23.9 Å². The summed E-state index contributed by atoms with van der Waals surface area (Å²) in [5.41, 5.74) is 4.84. The number of hydrogen-bond acceptors (Lipinski definition) is 7. The van der Waals surface area contributed by atoms with Gasteiger partial charge in [0.15, 0.2) is 29.7 Å². The zero-order valence-corrected chi connectivity index (χ0v) is 21.5. The number of carbonyl (C=O) groups is 1. The zero-order chi connectivity index (χ0) is 28.5. The Morgan fingerprint density at radius 2 is 1.79 bits per heavy atom. The van der Waals surface area contributed by atoms with Gasteiger partial charge >= 0.3 is 18.0 Å². The summed E-state index contributed by atoms with van der Waals surface area (Å²) in [6, 6.07) is 12.5. The van der Waals surface area contributed by atoms with Crippen LogP contribution in [0.4, 0.5) is 18.0 Å². The van der Waals surface area contributed by atoms with Gasteiger partial charge in [-0.2, -0.15) is 13.2 Å². The van der Waals surface area contributed by atoms with Crippen molar-refractivity contribution in [1.29, 1.82) is 0 Å². The standard InChI is InChI=1S/C23H20Cl2F3N7O4/c1-12(39-21(29)37)19-30-18(31-35(19)16-5-3-2-4-15(16)25)11-34-22(38)33(10-17(36)23(26,27)28)20(32-34)13-6-8-14(24)9-7-13/h2-9,12,17,36H,10-11H2,1H3,(H2,29,37)/t12-,17+/m1/s1. The van der Waals surface area contributed by atoms with Crippen LogP contribution in [0.25, 0.3) is 17.1 Å². The lowest BCUT2D eigenvalue weighted by molar-refractivity contribution is -0.207. The second-order valence-electron chi connectivity index (χ2n) is 8.27. The zero-order valence-electron chi connectivity index (χ0n) is 20.0. The Balaban J connectivity index is 1.79. The monoisotopic (exact) mass is 585 g/mol. The molecule has 39 heavy (non-hydrogen) atoms. The lowest BCUT2D eigenvalue weighted by atomic mass is 10.2. The fourth-order valence-corrected chi connectivity index (χ4v) is 4.00. The molecule has 0 spiro atoms. The Hall–Kier alpha value is -3.88. The van der Waals surface area contributed by atoms with Crippen LogP contribution < -0.4 is 11.4 Å². The number of benzene rings is 2. The van der Waals surface area contributed by atoms with E-state index in [1.807, 2.05) is 0 Å². The molecule has 0 saturated heterocycles. The largest absolute Gasteiger partial charge is 0.438 e. The number of aromatic nitrogens is 6. The number of amides is 1. The van der Waals surface area contributed by atoms with Crippen LogP contribution in [0.15, 0.2) is 53.3 Å². The fourth-order valence-electron chi connectivity index (χ4n) is 3.66. The number of nitrogens with zero attached hydrogens (tertiary/aromatic N) is 6. The van der Waals surface area contributed by atoms with E-state index in [4.69, 9.17) is 33.7 Å². The average Bonchev–Trinajstić information content (AvgIpc) is 3.41. The van der Waals surface area contributed by atoms with Crippen molar-refractivity contribution in [2.45, 2.75) is 38.4 Å². The van der Waals surface area contributed by atoms with Crippen LogP contribution >= 0.6 is 23.2 Å². The van der Waals surface area contributed by atoms with Gasteiger partial charge in [-0.15, -0.1) is 10.2 Å². The van der Waals surface area contributed by atoms with E-state index >= 15 is 0 Å². The second-order valence-corrected chi connectivity index (χ2v) is 9.11. The Morgan fingerprint density at radius 3 is 2.41 bits per heavy atom.